The van der Waals surface area contributed by atoms with E-state index in [0.29, 0.717) is 16.5 Å². The van der Waals surface area contributed by atoms with E-state index in [0.717, 1.165) is 0 Å². The lowest BCUT2D eigenvalue weighted by Crippen LogP contribution is -2.20. The molecule has 0 aliphatic carbocycles. The fraction of sp³-hybridized carbons (Fsp3) is 0.133. The van der Waals surface area contributed by atoms with Gasteiger partial charge in [-0.05, 0) is 30.3 Å². The van der Waals surface area contributed by atoms with Crippen molar-refractivity contribution in [2.75, 3.05) is 19.0 Å². The van der Waals surface area contributed by atoms with Gasteiger partial charge in [-0.3, -0.25) is 4.79 Å². The number of hydrogen-bond donors (Lipinski definition) is 1. The number of benzene rings is 2. The van der Waals surface area contributed by atoms with Crippen LogP contribution in [0.15, 0.2) is 42.5 Å². The molecule has 0 radical (unpaired) electrons. The Hall–Kier alpha value is -2.27. The van der Waals surface area contributed by atoms with Crippen molar-refractivity contribution in [1.82, 2.24) is 0 Å². The van der Waals surface area contributed by atoms with Gasteiger partial charge in [0, 0.05) is 11.8 Å². The first kappa shape index (κ1) is 15.1. The van der Waals surface area contributed by atoms with Crippen LogP contribution in [0.5, 0.6) is 11.5 Å². The minimum Gasteiger partial charge on any atom is -0.495 e. The summed E-state index contributed by atoms with van der Waals surface area (Å²) in [5.41, 5.74) is 0.522. The van der Waals surface area contributed by atoms with E-state index in [4.69, 9.17) is 21.1 Å². The normalized spacial score (nSPS) is 10.0. The second-order valence-corrected chi connectivity index (χ2v) is 4.55. The van der Waals surface area contributed by atoms with E-state index < -0.39 is 5.82 Å². The van der Waals surface area contributed by atoms with Crippen LogP contribution in [0.2, 0.25) is 5.02 Å². The molecule has 0 aliphatic heterocycles. The van der Waals surface area contributed by atoms with Crippen molar-refractivity contribution in [1.29, 1.82) is 0 Å². The van der Waals surface area contributed by atoms with Crippen LogP contribution in [0.1, 0.15) is 0 Å². The number of amides is 1. The lowest BCUT2D eigenvalue weighted by atomic mass is 10.3. The lowest BCUT2D eigenvalue weighted by Gasteiger charge is -2.09. The minimum atomic E-state index is -0.421. The molecule has 0 bridgehead atoms. The molecule has 21 heavy (non-hydrogen) atoms. The molecule has 0 fully saturated rings. The Labute approximate surface area is 126 Å². The summed E-state index contributed by atoms with van der Waals surface area (Å²) in [6, 6.07) is 10.5. The van der Waals surface area contributed by atoms with E-state index in [1.54, 1.807) is 24.3 Å². The van der Waals surface area contributed by atoms with Crippen LogP contribution in [-0.2, 0) is 4.79 Å². The van der Waals surface area contributed by atoms with Crippen molar-refractivity contribution in [3.8, 4) is 11.5 Å². The smallest absolute Gasteiger partial charge is 0.262 e. The largest absolute Gasteiger partial charge is 0.495 e. The zero-order valence-corrected chi connectivity index (χ0v) is 12.0. The molecule has 4 nitrogen and oxygen atoms in total. The predicted octanol–water partition coefficient (Wildman–Crippen LogP) is 3.51. The van der Waals surface area contributed by atoms with Crippen LogP contribution in [-0.4, -0.2) is 19.6 Å². The molecule has 1 amide bonds. The molecule has 0 saturated carbocycles. The van der Waals surface area contributed by atoms with Crippen molar-refractivity contribution >= 4 is 23.2 Å². The Morgan fingerprint density at radius 2 is 2.10 bits per heavy atom. The maximum atomic E-state index is 12.9. The summed E-state index contributed by atoms with van der Waals surface area (Å²) in [7, 11) is 1.51. The molecule has 2 aromatic carbocycles. The quantitative estimate of drug-likeness (QED) is 0.919. The second-order valence-electron chi connectivity index (χ2n) is 4.14. The number of halogens is 2. The SMILES string of the molecule is COc1ccc(NC(=O)COc2cccc(F)c2)cc1Cl. The van der Waals surface area contributed by atoms with Crippen molar-refractivity contribution < 1.29 is 18.7 Å². The molecule has 1 N–H and O–H groups in total. The van der Waals surface area contributed by atoms with Crippen molar-refractivity contribution in [3.05, 3.63) is 53.3 Å². The number of hydrogen-bond acceptors (Lipinski definition) is 3. The average Bonchev–Trinajstić information content (AvgIpc) is 2.45. The van der Waals surface area contributed by atoms with E-state index in [2.05, 4.69) is 5.32 Å². The highest BCUT2D eigenvalue weighted by Crippen LogP contribution is 2.27. The standard InChI is InChI=1S/C15H13ClFNO3/c1-20-14-6-5-11(8-13(14)16)18-15(19)9-21-12-4-2-3-10(17)7-12/h2-8H,9H2,1H3,(H,18,19). The highest BCUT2D eigenvalue weighted by Gasteiger charge is 2.07. The average molecular weight is 310 g/mol. The monoisotopic (exact) mass is 309 g/mol. The number of ether oxygens (including phenoxy) is 2. The van der Waals surface area contributed by atoms with Crippen molar-refractivity contribution in [2.24, 2.45) is 0 Å². The van der Waals surface area contributed by atoms with Crippen molar-refractivity contribution in [2.45, 2.75) is 0 Å². The molecule has 0 aromatic heterocycles. The molecule has 0 heterocycles. The summed E-state index contributed by atoms with van der Waals surface area (Å²) in [4.78, 5) is 11.7. The molecule has 0 saturated heterocycles. The van der Waals surface area contributed by atoms with Gasteiger partial charge in [-0.15, -0.1) is 0 Å². The third kappa shape index (κ3) is 4.36. The van der Waals surface area contributed by atoms with E-state index >= 15 is 0 Å². The van der Waals surface area contributed by atoms with Crippen LogP contribution >= 0.6 is 11.6 Å². The topological polar surface area (TPSA) is 47.6 Å². The summed E-state index contributed by atoms with van der Waals surface area (Å²) < 4.78 is 23.2. The minimum absolute atomic E-state index is 0.229. The van der Waals surface area contributed by atoms with E-state index in [1.165, 1.54) is 25.3 Å². The van der Waals surface area contributed by atoms with Gasteiger partial charge < -0.3 is 14.8 Å². The predicted molar refractivity (Wildman–Crippen MR) is 78.5 cm³/mol. The van der Waals surface area contributed by atoms with Gasteiger partial charge in [0.15, 0.2) is 6.61 Å². The molecule has 2 aromatic rings. The number of carbonyl (C=O) groups excluding carboxylic acids is 1. The molecule has 0 spiro atoms. The Balaban J connectivity index is 1.91. The number of methoxy groups -OCH3 is 1. The van der Waals surface area contributed by atoms with E-state index in [1.807, 2.05) is 0 Å². The summed E-state index contributed by atoms with van der Waals surface area (Å²) in [5, 5.41) is 3.01. The summed E-state index contributed by atoms with van der Waals surface area (Å²) in [6.45, 7) is -0.229. The Kier molecular flexibility index (Phi) is 5.00. The zero-order valence-electron chi connectivity index (χ0n) is 11.2. The van der Waals surface area contributed by atoms with Gasteiger partial charge in [0.05, 0.1) is 12.1 Å². The number of rotatable bonds is 5. The fourth-order valence-electron chi connectivity index (χ4n) is 1.65. The molecule has 0 atom stereocenters. The first-order valence-electron chi connectivity index (χ1n) is 6.10. The summed E-state index contributed by atoms with van der Waals surface area (Å²) in [5.74, 6) is 0.0129. The summed E-state index contributed by atoms with van der Waals surface area (Å²) in [6.07, 6.45) is 0. The van der Waals surface area contributed by atoms with E-state index in [-0.39, 0.29) is 18.3 Å². The Bertz CT molecular complexity index is 649. The second kappa shape index (κ2) is 6.95. The number of anilines is 1. The zero-order chi connectivity index (χ0) is 15.2. The van der Waals surface area contributed by atoms with Crippen LogP contribution in [0.4, 0.5) is 10.1 Å². The Morgan fingerprint density at radius 3 is 2.76 bits per heavy atom. The van der Waals surface area contributed by atoms with E-state index in [9.17, 15) is 9.18 Å². The molecule has 110 valence electrons. The first-order valence-corrected chi connectivity index (χ1v) is 6.48. The third-order valence-corrected chi connectivity index (χ3v) is 2.90. The third-order valence-electron chi connectivity index (χ3n) is 2.60. The number of carbonyl (C=O) groups is 1. The number of nitrogens with one attached hydrogen (secondary N) is 1. The van der Waals surface area contributed by atoms with Gasteiger partial charge >= 0.3 is 0 Å². The van der Waals surface area contributed by atoms with Gasteiger partial charge in [-0.2, -0.15) is 0 Å². The van der Waals surface area contributed by atoms with Crippen LogP contribution in [0.3, 0.4) is 0 Å². The molecular formula is C15H13ClFNO3. The molecule has 0 unspecified atom stereocenters. The fourth-order valence-corrected chi connectivity index (χ4v) is 1.90. The van der Waals surface area contributed by atoms with Crippen LogP contribution in [0, 0.1) is 5.82 Å². The maximum Gasteiger partial charge on any atom is 0.262 e. The molecule has 6 heteroatoms. The lowest BCUT2D eigenvalue weighted by molar-refractivity contribution is -0.118. The van der Waals surface area contributed by atoms with Crippen LogP contribution in [0.25, 0.3) is 0 Å². The first-order chi connectivity index (χ1) is 10.1. The highest BCUT2D eigenvalue weighted by molar-refractivity contribution is 6.32. The maximum absolute atomic E-state index is 12.9. The van der Waals surface area contributed by atoms with Gasteiger partial charge in [0.1, 0.15) is 17.3 Å². The highest BCUT2D eigenvalue weighted by atomic mass is 35.5. The Morgan fingerprint density at radius 1 is 1.29 bits per heavy atom. The molecule has 0 aliphatic rings. The molecular weight excluding hydrogens is 297 g/mol. The van der Waals surface area contributed by atoms with Gasteiger partial charge in [0.25, 0.3) is 5.91 Å². The molecule has 2 rings (SSSR count). The summed E-state index contributed by atoms with van der Waals surface area (Å²) >= 11 is 5.95. The van der Waals surface area contributed by atoms with Gasteiger partial charge in [-0.25, -0.2) is 4.39 Å². The van der Waals surface area contributed by atoms with Gasteiger partial charge in [-0.1, -0.05) is 17.7 Å². The van der Waals surface area contributed by atoms with Crippen molar-refractivity contribution in [3.63, 3.8) is 0 Å². The van der Waals surface area contributed by atoms with Crippen LogP contribution < -0.4 is 14.8 Å². The van der Waals surface area contributed by atoms with Gasteiger partial charge in [0.2, 0.25) is 0 Å².